The summed E-state index contributed by atoms with van der Waals surface area (Å²) in [6.45, 7) is 1.95. The molecule has 0 unspecified atom stereocenters. The van der Waals surface area contributed by atoms with Crippen LogP contribution in [0.5, 0.6) is 17.2 Å². The third-order valence-electron chi connectivity index (χ3n) is 5.30. The fourth-order valence-electron chi connectivity index (χ4n) is 3.89. The topological polar surface area (TPSA) is 71.1 Å². The van der Waals surface area contributed by atoms with E-state index in [-0.39, 0.29) is 12.4 Å². The summed E-state index contributed by atoms with van der Waals surface area (Å²) in [5.41, 5.74) is 2.46. The Morgan fingerprint density at radius 1 is 0.967 bits per heavy atom. The smallest absolute Gasteiger partial charge is 0.317 e. The first-order valence-electron chi connectivity index (χ1n) is 9.80. The van der Waals surface area contributed by atoms with Gasteiger partial charge in [0.05, 0.1) is 27.9 Å². The van der Waals surface area contributed by atoms with Gasteiger partial charge in [-0.15, -0.1) is 0 Å². The molecule has 2 aromatic carbocycles. The number of carbonyl (C=O) groups excluding carboxylic acids is 2. The maximum Gasteiger partial charge on any atom is 0.317 e. The SMILES string of the molecule is CCOC(=O)[C@@H]1C(=O)C=C(c2ccc(OC)c(OC)c2)C[C@H]1c1ccccc1OC. The van der Waals surface area contributed by atoms with Crippen molar-refractivity contribution in [1.29, 1.82) is 0 Å². The van der Waals surface area contributed by atoms with Gasteiger partial charge in [0, 0.05) is 5.92 Å². The molecule has 6 heteroatoms. The lowest BCUT2D eigenvalue weighted by Gasteiger charge is -2.30. The summed E-state index contributed by atoms with van der Waals surface area (Å²) >= 11 is 0. The van der Waals surface area contributed by atoms with Gasteiger partial charge in [-0.25, -0.2) is 0 Å². The highest BCUT2D eigenvalue weighted by molar-refractivity contribution is 6.10. The number of methoxy groups -OCH3 is 3. The van der Waals surface area contributed by atoms with Crippen LogP contribution in [-0.2, 0) is 14.3 Å². The Hall–Kier alpha value is -3.28. The minimum Gasteiger partial charge on any atom is -0.496 e. The lowest BCUT2D eigenvalue weighted by atomic mass is 9.73. The molecule has 0 N–H and O–H groups in total. The van der Waals surface area contributed by atoms with Crippen molar-refractivity contribution in [2.24, 2.45) is 5.92 Å². The molecule has 0 amide bonds. The first kappa shape index (κ1) is 21.4. The third kappa shape index (κ3) is 4.17. The van der Waals surface area contributed by atoms with Crippen LogP contribution in [0.4, 0.5) is 0 Å². The molecule has 3 rings (SSSR count). The summed E-state index contributed by atoms with van der Waals surface area (Å²) in [6.07, 6.45) is 2.01. The van der Waals surface area contributed by atoms with E-state index in [9.17, 15) is 9.59 Å². The Kier molecular flexibility index (Phi) is 6.77. The molecule has 0 aliphatic heterocycles. The molecular weight excluding hydrogens is 384 g/mol. The first-order chi connectivity index (χ1) is 14.5. The van der Waals surface area contributed by atoms with Gasteiger partial charge in [-0.05, 0) is 54.3 Å². The largest absolute Gasteiger partial charge is 0.496 e. The summed E-state index contributed by atoms with van der Waals surface area (Å²) in [6, 6.07) is 13.0. The number of ketones is 1. The second kappa shape index (κ2) is 9.48. The van der Waals surface area contributed by atoms with Crippen molar-refractivity contribution in [3.63, 3.8) is 0 Å². The van der Waals surface area contributed by atoms with Crippen LogP contribution in [0.3, 0.4) is 0 Å². The van der Waals surface area contributed by atoms with E-state index >= 15 is 0 Å². The molecular formula is C24H26O6. The Balaban J connectivity index is 2.07. The fourth-order valence-corrected chi connectivity index (χ4v) is 3.89. The molecule has 0 radical (unpaired) electrons. The molecule has 30 heavy (non-hydrogen) atoms. The highest BCUT2D eigenvalue weighted by atomic mass is 16.5. The van der Waals surface area contributed by atoms with E-state index in [1.807, 2.05) is 36.4 Å². The van der Waals surface area contributed by atoms with Gasteiger partial charge in [-0.2, -0.15) is 0 Å². The molecule has 2 atom stereocenters. The fraction of sp³-hybridized carbons (Fsp3) is 0.333. The number of ether oxygens (including phenoxy) is 4. The van der Waals surface area contributed by atoms with E-state index in [1.165, 1.54) is 6.08 Å². The van der Waals surface area contributed by atoms with Crippen LogP contribution in [-0.4, -0.2) is 39.7 Å². The second-order valence-electron chi connectivity index (χ2n) is 6.92. The van der Waals surface area contributed by atoms with E-state index in [0.29, 0.717) is 23.7 Å². The summed E-state index contributed by atoms with van der Waals surface area (Å²) in [7, 11) is 4.72. The van der Waals surface area contributed by atoms with Crippen molar-refractivity contribution >= 4 is 17.3 Å². The number of hydrogen-bond acceptors (Lipinski definition) is 6. The lowest BCUT2D eigenvalue weighted by Crippen LogP contribution is -2.34. The van der Waals surface area contributed by atoms with Gasteiger partial charge < -0.3 is 18.9 Å². The van der Waals surface area contributed by atoms with Gasteiger partial charge in [0.2, 0.25) is 0 Å². The predicted octanol–water partition coefficient (Wildman–Crippen LogP) is 4.03. The van der Waals surface area contributed by atoms with Gasteiger partial charge in [0.1, 0.15) is 11.7 Å². The highest BCUT2D eigenvalue weighted by Gasteiger charge is 2.41. The molecule has 0 saturated heterocycles. The lowest BCUT2D eigenvalue weighted by molar-refractivity contribution is -0.151. The zero-order valence-electron chi connectivity index (χ0n) is 17.6. The molecule has 0 spiro atoms. The standard InChI is InChI=1S/C24H26O6/c1-5-30-24(26)23-18(17-8-6-7-9-20(17)27-2)12-16(13-19(23)25)15-10-11-21(28-3)22(14-15)29-4/h6-11,13-14,18,23H,5,12H2,1-4H3/t18-,23-/m0/s1. The monoisotopic (exact) mass is 410 g/mol. The average Bonchev–Trinajstić information content (AvgIpc) is 2.78. The molecule has 2 aromatic rings. The molecule has 0 bridgehead atoms. The normalized spacial score (nSPS) is 18.4. The Bertz CT molecular complexity index is 962. The summed E-state index contributed by atoms with van der Waals surface area (Å²) in [5, 5.41) is 0. The number of esters is 1. The molecule has 1 aliphatic rings. The van der Waals surface area contributed by atoms with Crippen LogP contribution in [0.2, 0.25) is 0 Å². The molecule has 6 nitrogen and oxygen atoms in total. The Morgan fingerprint density at radius 2 is 1.67 bits per heavy atom. The van der Waals surface area contributed by atoms with Crippen molar-refractivity contribution < 1.29 is 28.5 Å². The van der Waals surface area contributed by atoms with Crippen LogP contribution < -0.4 is 14.2 Å². The quantitative estimate of drug-likeness (QED) is 0.507. The van der Waals surface area contributed by atoms with Crippen LogP contribution in [0.15, 0.2) is 48.5 Å². The summed E-state index contributed by atoms with van der Waals surface area (Å²) in [4.78, 5) is 25.8. The minimum atomic E-state index is -0.912. The Morgan fingerprint density at radius 3 is 2.33 bits per heavy atom. The molecule has 1 aliphatic carbocycles. The van der Waals surface area contributed by atoms with Crippen molar-refractivity contribution in [2.45, 2.75) is 19.3 Å². The van der Waals surface area contributed by atoms with Gasteiger partial charge >= 0.3 is 5.97 Å². The number of rotatable bonds is 7. The molecule has 158 valence electrons. The van der Waals surface area contributed by atoms with Crippen LogP contribution in [0.25, 0.3) is 5.57 Å². The van der Waals surface area contributed by atoms with E-state index in [4.69, 9.17) is 18.9 Å². The predicted molar refractivity (Wildman–Crippen MR) is 113 cm³/mol. The molecule has 0 saturated carbocycles. The third-order valence-corrected chi connectivity index (χ3v) is 5.30. The highest BCUT2D eigenvalue weighted by Crippen LogP contribution is 2.44. The van der Waals surface area contributed by atoms with Crippen LogP contribution >= 0.6 is 0 Å². The van der Waals surface area contributed by atoms with Crippen molar-refractivity contribution in [3.05, 3.63) is 59.7 Å². The number of para-hydroxylation sites is 1. The second-order valence-corrected chi connectivity index (χ2v) is 6.92. The number of carbonyl (C=O) groups is 2. The summed E-state index contributed by atoms with van der Waals surface area (Å²) < 4.78 is 21.4. The van der Waals surface area contributed by atoms with Crippen LogP contribution in [0, 0.1) is 5.92 Å². The van der Waals surface area contributed by atoms with Gasteiger partial charge in [0.25, 0.3) is 0 Å². The molecule has 0 fully saturated rings. The zero-order chi connectivity index (χ0) is 21.7. The maximum atomic E-state index is 13.1. The van der Waals surface area contributed by atoms with E-state index < -0.39 is 17.8 Å². The van der Waals surface area contributed by atoms with Gasteiger partial charge in [0.15, 0.2) is 17.3 Å². The van der Waals surface area contributed by atoms with Gasteiger partial charge in [-0.3, -0.25) is 9.59 Å². The molecule has 0 heterocycles. The maximum absolute atomic E-state index is 13.1. The molecule has 0 aromatic heterocycles. The summed E-state index contributed by atoms with van der Waals surface area (Å²) in [5.74, 6) is -0.287. The minimum absolute atomic E-state index is 0.216. The average molecular weight is 410 g/mol. The van der Waals surface area contributed by atoms with E-state index in [0.717, 1.165) is 16.7 Å². The zero-order valence-corrected chi connectivity index (χ0v) is 17.6. The first-order valence-corrected chi connectivity index (χ1v) is 9.80. The van der Waals surface area contributed by atoms with Crippen LogP contribution in [0.1, 0.15) is 30.4 Å². The van der Waals surface area contributed by atoms with E-state index in [2.05, 4.69) is 0 Å². The van der Waals surface area contributed by atoms with Crippen molar-refractivity contribution in [3.8, 4) is 17.2 Å². The van der Waals surface area contributed by atoms with Gasteiger partial charge in [-0.1, -0.05) is 24.3 Å². The Labute approximate surface area is 176 Å². The number of allylic oxidation sites excluding steroid dienone is 2. The van der Waals surface area contributed by atoms with E-state index in [1.54, 1.807) is 34.3 Å². The van der Waals surface area contributed by atoms with Crippen molar-refractivity contribution in [2.75, 3.05) is 27.9 Å². The van der Waals surface area contributed by atoms with Crippen molar-refractivity contribution in [1.82, 2.24) is 0 Å². The number of benzene rings is 2. The number of hydrogen-bond donors (Lipinski definition) is 0.